The van der Waals surface area contributed by atoms with Gasteiger partial charge in [-0.05, 0) is 36.0 Å². The lowest BCUT2D eigenvalue weighted by Gasteiger charge is -2.08. The van der Waals surface area contributed by atoms with Crippen LogP contribution in [0.5, 0.6) is 0 Å². The van der Waals surface area contributed by atoms with E-state index in [1.807, 2.05) is 6.07 Å². The van der Waals surface area contributed by atoms with Crippen molar-refractivity contribution in [1.29, 1.82) is 5.41 Å². The molecule has 140 valence electrons. The SMILES string of the molecule is COC(=O)c1cccc(-c2ccc(C=C3SC(=N)N(c4nccs4)C3=O)o2)c1. The zero-order valence-corrected chi connectivity index (χ0v) is 16.2. The first-order chi connectivity index (χ1) is 13.6. The number of anilines is 1. The second-order valence-electron chi connectivity index (χ2n) is 5.65. The average Bonchev–Trinajstić information content (AvgIpc) is 3.43. The van der Waals surface area contributed by atoms with Gasteiger partial charge >= 0.3 is 5.97 Å². The maximum absolute atomic E-state index is 12.6. The van der Waals surface area contributed by atoms with Gasteiger partial charge in [0.1, 0.15) is 11.5 Å². The summed E-state index contributed by atoms with van der Waals surface area (Å²) in [4.78, 5) is 30.1. The summed E-state index contributed by atoms with van der Waals surface area (Å²) in [5.41, 5.74) is 1.14. The second-order valence-corrected chi connectivity index (χ2v) is 7.55. The number of esters is 1. The molecule has 0 spiro atoms. The van der Waals surface area contributed by atoms with Gasteiger partial charge in [-0.25, -0.2) is 14.7 Å². The first-order valence-corrected chi connectivity index (χ1v) is 9.77. The maximum atomic E-state index is 12.6. The predicted octanol–water partition coefficient (Wildman–Crippen LogP) is 4.25. The third-order valence-electron chi connectivity index (χ3n) is 3.90. The van der Waals surface area contributed by atoms with Crippen LogP contribution in [0.4, 0.5) is 5.13 Å². The summed E-state index contributed by atoms with van der Waals surface area (Å²) < 4.78 is 10.5. The first kappa shape index (κ1) is 18.2. The number of methoxy groups -OCH3 is 1. The van der Waals surface area contributed by atoms with Crippen LogP contribution in [0, 0.1) is 5.41 Å². The number of thioether (sulfide) groups is 1. The molecule has 0 radical (unpaired) electrons. The molecule has 0 bridgehead atoms. The molecule has 1 amide bonds. The Morgan fingerprint density at radius 1 is 1.32 bits per heavy atom. The smallest absolute Gasteiger partial charge is 0.337 e. The van der Waals surface area contributed by atoms with Crippen molar-refractivity contribution in [1.82, 2.24) is 4.98 Å². The highest BCUT2D eigenvalue weighted by atomic mass is 32.2. The van der Waals surface area contributed by atoms with Gasteiger partial charge in [0.05, 0.1) is 17.6 Å². The number of amidine groups is 1. The number of ether oxygens (including phenoxy) is 1. The zero-order valence-electron chi connectivity index (χ0n) is 14.5. The number of nitrogens with zero attached hydrogens (tertiary/aromatic N) is 2. The standard InChI is InChI=1S/C19H13N3O4S2/c1-25-17(24)12-4-2-3-11(9-12)14-6-5-13(26-14)10-15-16(23)22(18(20)28-15)19-21-7-8-27-19/h2-10,20H,1H3. The van der Waals surface area contributed by atoms with Gasteiger partial charge in [0.2, 0.25) is 0 Å². The van der Waals surface area contributed by atoms with E-state index < -0.39 is 5.97 Å². The van der Waals surface area contributed by atoms with E-state index in [0.717, 1.165) is 17.3 Å². The van der Waals surface area contributed by atoms with Crippen LogP contribution in [0.2, 0.25) is 0 Å². The maximum Gasteiger partial charge on any atom is 0.337 e. The number of amides is 1. The van der Waals surface area contributed by atoms with Crippen LogP contribution in [0.15, 0.2) is 57.3 Å². The fourth-order valence-corrected chi connectivity index (χ4v) is 4.14. The Balaban J connectivity index is 1.59. The number of hydrogen-bond acceptors (Lipinski definition) is 8. The van der Waals surface area contributed by atoms with Gasteiger partial charge in [-0.3, -0.25) is 10.2 Å². The van der Waals surface area contributed by atoms with Crippen molar-refractivity contribution in [3.05, 3.63) is 64.2 Å². The van der Waals surface area contributed by atoms with Gasteiger partial charge in [0, 0.05) is 23.2 Å². The fraction of sp³-hybridized carbons (Fsp3) is 0.0526. The van der Waals surface area contributed by atoms with E-state index >= 15 is 0 Å². The molecule has 3 heterocycles. The molecular weight excluding hydrogens is 398 g/mol. The molecule has 1 aliphatic heterocycles. The van der Waals surface area contributed by atoms with E-state index in [1.54, 1.807) is 48.0 Å². The monoisotopic (exact) mass is 411 g/mol. The lowest BCUT2D eigenvalue weighted by atomic mass is 10.1. The van der Waals surface area contributed by atoms with E-state index in [1.165, 1.54) is 23.3 Å². The van der Waals surface area contributed by atoms with E-state index in [9.17, 15) is 9.59 Å². The Bertz CT molecular complexity index is 1100. The molecule has 7 nitrogen and oxygen atoms in total. The van der Waals surface area contributed by atoms with Crippen LogP contribution in [-0.4, -0.2) is 29.1 Å². The van der Waals surface area contributed by atoms with E-state index in [-0.39, 0.29) is 11.1 Å². The molecule has 1 saturated heterocycles. The third kappa shape index (κ3) is 3.37. The number of carbonyl (C=O) groups is 2. The van der Waals surface area contributed by atoms with E-state index in [0.29, 0.717) is 27.1 Å². The van der Waals surface area contributed by atoms with E-state index in [4.69, 9.17) is 14.6 Å². The number of hydrogen-bond donors (Lipinski definition) is 1. The highest BCUT2D eigenvalue weighted by Gasteiger charge is 2.35. The molecule has 28 heavy (non-hydrogen) atoms. The highest BCUT2D eigenvalue weighted by molar-refractivity contribution is 8.19. The largest absolute Gasteiger partial charge is 0.465 e. The van der Waals surface area contributed by atoms with Crippen molar-refractivity contribution in [3.63, 3.8) is 0 Å². The average molecular weight is 411 g/mol. The number of aromatic nitrogens is 1. The minimum absolute atomic E-state index is 0.101. The molecule has 0 saturated carbocycles. The summed E-state index contributed by atoms with van der Waals surface area (Å²) in [5.74, 6) is 0.295. The molecule has 0 atom stereocenters. The Labute approximate surface area is 168 Å². The predicted molar refractivity (Wildman–Crippen MR) is 108 cm³/mol. The van der Waals surface area contributed by atoms with Gasteiger partial charge in [-0.1, -0.05) is 12.1 Å². The number of carbonyl (C=O) groups excluding carboxylic acids is 2. The van der Waals surface area contributed by atoms with Crippen molar-refractivity contribution in [2.75, 3.05) is 12.0 Å². The summed E-state index contributed by atoms with van der Waals surface area (Å²) in [5, 5.41) is 10.4. The van der Waals surface area contributed by atoms with Gasteiger partial charge in [0.15, 0.2) is 10.3 Å². The van der Waals surface area contributed by atoms with Crippen molar-refractivity contribution in [3.8, 4) is 11.3 Å². The molecule has 0 unspecified atom stereocenters. The van der Waals surface area contributed by atoms with Crippen molar-refractivity contribution in [2.24, 2.45) is 0 Å². The number of benzene rings is 1. The fourth-order valence-electron chi connectivity index (χ4n) is 2.62. The van der Waals surface area contributed by atoms with Gasteiger partial charge < -0.3 is 9.15 Å². The summed E-state index contributed by atoms with van der Waals surface area (Å²) in [6.45, 7) is 0. The number of thiazole rings is 1. The Morgan fingerprint density at radius 3 is 2.93 bits per heavy atom. The minimum atomic E-state index is -0.426. The minimum Gasteiger partial charge on any atom is -0.465 e. The lowest BCUT2D eigenvalue weighted by molar-refractivity contribution is -0.113. The summed E-state index contributed by atoms with van der Waals surface area (Å²) in [7, 11) is 1.33. The summed E-state index contributed by atoms with van der Waals surface area (Å²) >= 11 is 2.35. The van der Waals surface area contributed by atoms with Gasteiger partial charge in [-0.2, -0.15) is 0 Å². The molecule has 2 aromatic heterocycles. The highest BCUT2D eigenvalue weighted by Crippen LogP contribution is 2.36. The van der Waals surface area contributed by atoms with E-state index in [2.05, 4.69) is 4.98 Å². The summed E-state index contributed by atoms with van der Waals surface area (Å²) in [6.07, 6.45) is 3.19. The lowest BCUT2D eigenvalue weighted by Crippen LogP contribution is -2.27. The van der Waals surface area contributed by atoms with Gasteiger partial charge in [-0.15, -0.1) is 11.3 Å². The first-order valence-electron chi connectivity index (χ1n) is 8.07. The number of furan rings is 1. The zero-order chi connectivity index (χ0) is 19.7. The van der Waals surface area contributed by atoms with Crippen LogP contribution in [0.25, 0.3) is 17.4 Å². The second kappa shape index (κ2) is 7.45. The van der Waals surface area contributed by atoms with Crippen molar-refractivity contribution < 1.29 is 18.7 Å². The topological polar surface area (TPSA) is 96.5 Å². The van der Waals surface area contributed by atoms with Crippen molar-refractivity contribution in [2.45, 2.75) is 0 Å². The van der Waals surface area contributed by atoms with Gasteiger partial charge in [0.25, 0.3) is 5.91 Å². The van der Waals surface area contributed by atoms with Crippen LogP contribution < -0.4 is 4.90 Å². The molecule has 1 aromatic carbocycles. The molecule has 1 N–H and O–H groups in total. The van der Waals surface area contributed by atoms with Crippen LogP contribution in [0.3, 0.4) is 0 Å². The quantitative estimate of drug-likeness (QED) is 0.509. The molecule has 0 aliphatic carbocycles. The Morgan fingerprint density at radius 2 is 2.18 bits per heavy atom. The Kier molecular flexibility index (Phi) is 4.84. The molecule has 1 fully saturated rings. The number of rotatable bonds is 4. The molecule has 4 rings (SSSR count). The molecule has 9 heteroatoms. The molecule has 1 aliphatic rings. The third-order valence-corrected chi connectivity index (χ3v) is 5.55. The van der Waals surface area contributed by atoms with Crippen LogP contribution in [0.1, 0.15) is 16.1 Å². The van der Waals surface area contributed by atoms with Crippen molar-refractivity contribution >= 4 is 51.4 Å². The van der Waals surface area contributed by atoms with Crippen LogP contribution >= 0.6 is 23.1 Å². The normalized spacial score (nSPS) is 15.5. The van der Waals surface area contributed by atoms with Crippen LogP contribution in [-0.2, 0) is 9.53 Å². The summed E-state index contributed by atoms with van der Waals surface area (Å²) in [6, 6.07) is 10.4. The molecular formula is C19H13N3O4S2. The number of nitrogens with one attached hydrogen (secondary N) is 1. The molecule has 3 aromatic rings. The Hall–Kier alpha value is -3.17.